The van der Waals surface area contributed by atoms with Crippen molar-refractivity contribution < 1.29 is 9.53 Å². The van der Waals surface area contributed by atoms with Crippen molar-refractivity contribution in [3.63, 3.8) is 0 Å². The van der Waals surface area contributed by atoms with Gasteiger partial charge in [-0.1, -0.05) is 25.7 Å². The van der Waals surface area contributed by atoms with Gasteiger partial charge >= 0.3 is 0 Å². The van der Waals surface area contributed by atoms with Crippen molar-refractivity contribution in [2.24, 2.45) is 0 Å². The van der Waals surface area contributed by atoms with E-state index in [1.54, 1.807) is 6.20 Å². The number of carbonyl (C=O) groups excluding carboxylic acids is 1. The van der Waals surface area contributed by atoms with Crippen LogP contribution < -0.4 is 4.90 Å². The van der Waals surface area contributed by atoms with Crippen LogP contribution in [0.5, 0.6) is 0 Å². The van der Waals surface area contributed by atoms with E-state index in [0.29, 0.717) is 19.7 Å². The standard InChI is InChI=1S/C18H27ClN2O2Si/c1-24(2,3)10-9-23-13-21-12-18(7-6-14(19)11-16(18)22)15-5-4-8-20-17(15)21/h4-5,8,14H,6-7,9-13H2,1-3H3. The largest absolute Gasteiger partial charge is 0.361 e. The van der Waals surface area contributed by atoms with Crippen molar-refractivity contribution in [3.05, 3.63) is 23.9 Å². The van der Waals surface area contributed by atoms with Crippen molar-refractivity contribution in [1.29, 1.82) is 0 Å². The summed E-state index contributed by atoms with van der Waals surface area (Å²) in [5, 5.41) is -0.0229. The molecule has 1 aromatic heterocycles. The highest BCUT2D eigenvalue weighted by Gasteiger charge is 2.51. The molecule has 6 heteroatoms. The van der Waals surface area contributed by atoms with Gasteiger partial charge < -0.3 is 9.64 Å². The lowest BCUT2D eigenvalue weighted by molar-refractivity contribution is -0.125. The van der Waals surface area contributed by atoms with Gasteiger partial charge in [-0.3, -0.25) is 4.79 Å². The van der Waals surface area contributed by atoms with E-state index in [2.05, 4.69) is 35.6 Å². The number of hydrogen-bond donors (Lipinski definition) is 0. The lowest BCUT2D eigenvalue weighted by atomic mass is 9.70. The number of anilines is 1. The normalized spacial score (nSPS) is 26.9. The Morgan fingerprint density at radius 3 is 2.96 bits per heavy atom. The Labute approximate surface area is 150 Å². The van der Waals surface area contributed by atoms with Crippen molar-refractivity contribution in [2.75, 3.05) is 24.8 Å². The molecule has 1 fully saturated rings. The lowest BCUT2D eigenvalue weighted by Crippen LogP contribution is -2.45. The summed E-state index contributed by atoms with van der Waals surface area (Å²) in [5.41, 5.74) is 0.629. The zero-order valence-corrected chi connectivity index (χ0v) is 16.6. The van der Waals surface area contributed by atoms with Gasteiger partial charge in [-0.15, -0.1) is 11.6 Å². The molecule has 1 saturated carbocycles. The molecule has 4 nitrogen and oxygen atoms in total. The van der Waals surface area contributed by atoms with Crippen LogP contribution in [0, 0.1) is 0 Å². The maximum atomic E-state index is 12.8. The summed E-state index contributed by atoms with van der Waals surface area (Å²) in [6.45, 7) is 9.01. The first-order chi connectivity index (χ1) is 11.3. The van der Waals surface area contributed by atoms with Crippen LogP contribution >= 0.6 is 11.6 Å². The Bertz CT molecular complexity index is 619. The summed E-state index contributed by atoms with van der Waals surface area (Å²) < 4.78 is 5.92. The predicted octanol–water partition coefficient (Wildman–Crippen LogP) is 3.81. The van der Waals surface area contributed by atoms with Gasteiger partial charge in [-0.2, -0.15) is 0 Å². The quantitative estimate of drug-likeness (QED) is 0.451. The lowest BCUT2D eigenvalue weighted by Gasteiger charge is -2.34. The SMILES string of the molecule is C[Si](C)(C)CCOCN1CC2(CCC(Cl)CC2=O)c2cccnc21. The number of halogens is 1. The highest BCUT2D eigenvalue weighted by Crippen LogP contribution is 2.47. The van der Waals surface area contributed by atoms with E-state index in [-0.39, 0.29) is 11.2 Å². The molecule has 1 aliphatic heterocycles. The number of rotatable bonds is 5. The van der Waals surface area contributed by atoms with E-state index >= 15 is 0 Å². The summed E-state index contributed by atoms with van der Waals surface area (Å²) in [6.07, 6.45) is 3.95. The number of nitrogens with zero attached hydrogens (tertiary/aromatic N) is 2. The molecule has 0 radical (unpaired) electrons. The van der Waals surface area contributed by atoms with Crippen LogP contribution in [-0.4, -0.2) is 44.1 Å². The first-order valence-electron chi connectivity index (χ1n) is 8.77. The molecule has 2 atom stereocenters. The maximum Gasteiger partial charge on any atom is 0.146 e. The van der Waals surface area contributed by atoms with E-state index in [0.717, 1.165) is 36.9 Å². The van der Waals surface area contributed by atoms with Gasteiger partial charge in [-0.05, 0) is 25.0 Å². The highest BCUT2D eigenvalue weighted by molar-refractivity contribution is 6.76. The van der Waals surface area contributed by atoms with E-state index in [4.69, 9.17) is 16.3 Å². The number of ketones is 1. The van der Waals surface area contributed by atoms with Crippen LogP contribution in [0.25, 0.3) is 0 Å². The molecule has 2 heterocycles. The molecule has 2 unspecified atom stereocenters. The molecule has 2 aliphatic rings. The van der Waals surface area contributed by atoms with E-state index in [1.165, 1.54) is 0 Å². The zero-order chi connectivity index (χ0) is 17.4. The summed E-state index contributed by atoms with van der Waals surface area (Å²) in [6, 6.07) is 5.13. The third-order valence-corrected chi connectivity index (χ3v) is 7.21. The topological polar surface area (TPSA) is 42.4 Å². The molecule has 0 saturated heterocycles. The monoisotopic (exact) mass is 366 g/mol. The van der Waals surface area contributed by atoms with Crippen molar-refractivity contribution >= 4 is 31.3 Å². The fourth-order valence-corrected chi connectivity index (χ4v) is 4.67. The number of ether oxygens (including phenoxy) is 1. The Hall–Kier alpha value is -0.913. The molecule has 24 heavy (non-hydrogen) atoms. The van der Waals surface area contributed by atoms with Gasteiger partial charge in [0.1, 0.15) is 18.3 Å². The summed E-state index contributed by atoms with van der Waals surface area (Å²) in [7, 11) is -1.09. The Kier molecular flexibility index (Phi) is 5.05. The molecular formula is C18H27ClN2O2Si. The van der Waals surface area contributed by atoms with Gasteiger partial charge in [0, 0.05) is 44.8 Å². The van der Waals surface area contributed by atoms with E-state index in [1.807, 2.05) is 6.07 Å². The molecule has 1 aromatic rings. The molecule has 1 spiro atoms. The molecule has 1 aliphatic carbocycles. The maximum absolute atomic E-state index is 12.8. The average molecular weight is 367 g/mol. The first-order valence-corrected chi connectivity index (χ1v) is 12.9. The van der Waals surface area contributed by atoms with Crippen LogP contribution in [0.3, 0.4) is 0 Å². The van der Waals surface area contributed by atoms with Gasteiger partial charge in [-0.25, -0.2) is 4.98 Å². The van der Waals surface area contributed by atoms with Gasteiger partial charge in [0.15, 0.2) is 0 Å². The third-order valence-electron chi connectivity index (χ3n) is 5.13. The molecule has 0 bridgehead atoms. The second-order valence-corrected chi connectivity index (χ2v) is 14.5. The highest BCUT2D eigenvalue weighted by atomic mass is 35.5. The molecular weight excluding hydrogens is 340 g/mol. The molecule has 3 rings (SSSR count). The van der Waals surface area contributed by atoms with Gasteiger partial charge in [0.05, 0.1) is 5.41 Å². The van der Waals surface area contributed by atoms with Crippen LogP contribution in [0.1, 0.15) is 24.8 Å². The number of pyridine rings is 1. The van der Waals surface area contributed by atoms with Crippen molar-refractivity contribution in [2.45, 2.75) is 55.7 Å². The smallest absolute Gasteiger partial charge is 0.146 e. The van der Waals surface area contributed by atoms with Crippen LogP contribution in [0.4, 0.5) is 5.82 Å². The van der Waals surface area contributed by atoms with Crippen LogP contribution in [-0.2, 0) is 14.9 Å². The van der Waals surface area contributed by atoms with Gasteiger partial charge in [0.25, 0.3) is 0 Å². The summed E-state index contributed by atoms with van der Waals surface area (Å²) in [4.78, 5) is 19.5. The zero-order valence-electron chi connectivity index (χ0n) is 14.8. The third kappa shape index (κ3) is 3.53. The Morgan fingerprint density at radius 2 is 2.25 bits per heavy atom. The fourth-order valence-electron chi connectivity index (χ4n) is 3.66. The minimum Gasteiger partial charge on any atom is -0.361 e. The summed E-state index contributed by atoms with van der Waals surface area (Å²) >= 11 is 6.21. The molecule has 0 aromatic carbocycles. The van der Waals surface area contributed by atoms with E-state index < -0.39 is 13.5 Å². The number of fused-ring (bicyclic) bond motifs is 2. The Morgan fingerprint density at radius 1 is 1.46 bits per heavy atom. The molecule has 0 amide bonds. The van der Waals surface area contributed by atoms with Crippen molar-refractivity contribution in [3.8, 4) is 0 Å². The number of aromatic nitrogens is 1. The minimum atomic E-state index is -1.09. The second-order valence-electron chi connectivity index (χ2n) is 8.27. The van der Waals surface area contributed by atoms with Gasteiger partial charge in [0.2, 0.25) is 0 Å². The van der Waals surface area contributed by atoms with Crippen LogP contribution in [0.15, 0.2) is 18.3 Å². The fraction of sp³-hybridized carbons (Fsp3) is 0.667. The second kappa shape index (κ2) is 6.77. The number of Topliss-reactive ketones (excluding diaryl/α,β-unsaturated/α-hetero) is 1. The Balaban J connectivity index is 1.73. The average Bonchev–Trinajstić information content (AvgIpc) is 2.83. The van der Waals surface area contributed by atoms with E-state index in [9.17, 15) is 4.79 Å². The predicted molar refractivity (Wildman–Crippen MR) is 101 cm³/mol. The molecule has 0 N–H and O–H groups in total. The minimum absolute atomic E-state index is 0.0229. The van der Waals surface area contributed by atoms with Crippen LogP contribution in [0.2, 0.25) is 25.7 Å². The number of hydrogen-bond acceptors (Lipinski definition) is 4. The summed E-state index contributed by atoms with van der Waals surface area (Å²) in [5.74, 6) is 1.17. The molecule has 132 valence electrons. The van der Waals surface area contributed by atoms with Crippen molar-refractivity contribution in [1.82, 2.24) is 4.98 Å². The number of carbonyl (C=O) groups is 1. The first kappa shape index (κ1) is 17.9. The number of alkyl halides is 1.